The Labute approximate surface area is 66.5 Å². The van der Waals surface area contributed by atoms with Crippen LogP contribution in [0, 0.1) is 0 Å². The second kappa shape index (κ2) is 3.11. The van der Waals surface area contributed by atoms with Gasteiger partial charge in [-0.05, 0) is 0 Å². The minimum atomic E-state index is -0.665. The number of anilines is 1. The van der Waals surface area contributed by atoms with Gasteiger partial charge in [-0.1, -0.05) is 0 Å². The van der Waals surface area contributed by atoms with Gasteiger partial charge in [0.1, 0.15) is 0 Å². The summed E-state index contributed by atoms with van der Waals surface area (Å²) >= 11 is -0.665. The van der Waals surface area contributed by atoms with E-state index in [1.807, 2.05) is 12.1 Å². The Morgan fingerprint density at radius 2 is 1.60 bits per heavy atom. The zero-order chi connectivity index (χ0) is 7.56. The quantitative estimate of drug-likeness (QED) is 0.531. The molecule has 0 atom stereocenters. The molecule has 0 saturated carbocycles. The van der Waals surface area contributed by atoms with Crippen LogP contribution < -0.4 is 10.1 Å². The molecule has 0 aliphatic carbocycles. The maximum absolute atomic E-state index is 5.54. The number of nitrogen functional groups attached to an aromatic ring is 1. The van der Waals surface area contributed by atoms with Gasteiger partial charge in [-0.3, -0.25) is 0 Å². The molecule has 1 aromatic rings. The van der Waals surface area contributed by atoms with Gasteiger partial charge in [0.05, 0.1) is 0 Å². The van der Waals surface area contributed by atoms with Crippen LogP contribution >= 0.6 is 0 Å². The molecule has 1 aromatic carbocycles. The molecule has 0 radical (unpaired) electrons. The third-order valence-electron chi connectivity index (χ3n) is 1.41. The van der Waals surface area contributed by atoms with E-state index < -0.39 is 14.7 Å². The standard InChI is InChI=1S/C8H12AsN/c1-9(2)7-3-5-8(10)6-4-7/h3-6H,10H2,1-2H3. The molecule has 0 spiro atoms. The Morgan fingerprint density at radius 1 is 1.10 bits per heavy atom. The molecule has 10 heavy (non-hydrogen) atoms. The van der Waals surface area contributed by atoms with Crippen molar-refractivity contribution < 1.29 is 0 Å². The average molecular weight is 197 g/mol. The van der Waals surface area contributed by atoms with E-state index in [1.165, 1.54) is 4.35 Å². The van der Waals surface area contributed by atoms with Crippen molar-refractivity contribution in [3.8, 4) is 0 Å². The third kappa shape index (κ3) is 1.78. The van der Waals surface area contributed by atoms with Crippen LogP contribution in [-0.2, 0) is 0 Å². The fraction of sp³-hybridized carbons (Fsp3) is 0.250. The van der Waals surface area contributed by atoms with Gasteiger partial charge in [0.15, 0.2) is 0 Å². The van der Waals surface area contributed by atoms with Crippen LogP contribution in [0.1, 0.15) is 0 Å². The number of benzene rings is 1. The molecule has 0 saturated heterocycles. The SMILES string of the molecule is C[As](C)c1ccc(N)cc1. The fourth-order valence-electron chi connectivity index (χ4n) is 0.772. The first-order valence-electron chi connectivity index (χ1n) is 3.23. The van der Waals surface area contributed by atoms with Crippen LogP contribution in [0.15, 0.2) is 24.3 Å². The third-order valence-corrected chi connectivity index (χ3v) is 4.20. The van der Waals surface area contributed by atoms with Crippen molar-refractivity contribution >= 4 is 24.7 Å². The first-order chi connectivity index (χ1) is 4.70. The molecule has 0 aliphatic heterocycles. The average Bonchev–Trinajstić information content (AvgIpc) is 1.88. The summed E-state index contributed by atoms with van der Waals surface area (Å²) < 4.78 is 1.49. The van der Waals surface area contributed by atoms with Crippen molar-refractivity contribution in [2.75, 3.05) is 5.73 Å². The fourth-order valence-corrected chi connectivity index (χ4v) is 2.34. The van der Waals surface area contributed by atoms with E-state index >= 15 is 0 Å². The first-order valence-corrected chi connectivity index (χ1v) is 7.92. The molecule has 0 aromatic heterocycles. The summed E-state index contributed by atoms with van der Waals surface area (Å²) in [6.45, 7) is 0. The molecule has 0 fully saturated rings. The molecule has 54 valence electrons. The predicted molar refractivity (Wildman–Crippen MR) is 48.0 cm³/mol. The van der Waals surface area contributed by atoms with E-state index in [4.69, 9.17) is 5.73 Å². The summed E-state index contributed by atoms with van der Waals surface area (Å²) in [4.78, 5) is 0. The molecule has 1 rings (SSSR count). The van der Waals surface area contributed by atoms with Gasteiger partial charge in [-0.25, -0.2) is 0 Å². The Hall–Kier alpha value is -0.422. The summed E-state index contributed by atoms with van der Waals surface area (Å²) in [5, 5.41) is 0. The number of hydrogen-bond acceptors (Lipinski definition) is 1. The van der Waals surface area contributed by atoms with Gasteiger partial charge in [-0.15, -0.1) is 0 Å². The summed E-state index contributed by atoms with van der Waals surface area (Å²) in [5.41, 5.74) is 11.0. The molecule has 2 heteroatoms. The van der Waals surface area contributed by atoms with Gasteiger partial charge in [0, 0.05) is 0 Å². The number of rotatable bonds is 1. The van der Waals surface area contributed by atoms with Crippen molar-refractivity contribution in [2.24, 2.45) is 0 Å². The van der Waals surface area contributed by atoms with Crippen LogP contribution in [0.2, 0.25) is 11.4 Å². The molecule has 0 bridgehead atoms. The van der Waals surface area contributed by atoms with Gasteiger partial charge >= 0.3 is 66.1 Å². The van der Waals surface area contributed by atoms with E-state index in [0.717, 1.165) is 5.69 Å². The van der Waals surface area contributed by atoms with E-state index in [1.54, 1.807) is 0 Å². The van der Waals surface area contributed by atoms with Crippen LogP contribution in [0.4, 0.5) is 5.69 Å². The summed E-state index contributed by atoms with van der Waals surface area (Å²) in [6.07, 6.45) is 0. The van der Waals surface area contributed by atoms with Crippen LogP contribution in [0.3, 0.4) is 0 Å². The molecule has 0 heterocycles. The van der Waals surface area contributed by atoms with Gasteiger partial charge < -0.3 is 0 Å². The molecular weight excluding hydrogens is 185 g/mol. The molecule has 1 nitrogen and oxygen atoms in total. The number of nitrogens with two attached hydrogens (primary N) is 1. The molecule has 2 N–H and O–H groups in total. The van der Waals surface area contributed by atoms with E-state index in [2.05, 4.69) is 23.6 Å². The Morgan fingerprint density at radius 3 is 2.00 bits per heavy atom. The number of hydrogen-bond donors (Lipinski definition) is 1. The summed E-state index contributed by atoms with van der Waals surface area (Å²) in [7, 11) is 0. The minimum absolute atomic E-state index is 0.665. The van der Waals surface area contributed by atoms with Crippen LogP contribution in [0.5, 0.6) is 0 Å². The Kier molecular flexibility index (Phi) is 2.39. The van der Waals surface area contributed by atoms with Crippen molar-refractivity contribution in [3.63, 3.8) is 0 Å². The maximum atomic E-state index is 5.54. The predicted octanol–water partition coefficient (Wildman–Crippen LogP) is 1.23. The van der Waals surface area contributed by atoms with E-state index in [9.17, 15) is 0 Å². The molecular formula is C8H12AsN. The molecule has 0 amide bonds. The van der Waals surface area contributed by atoms with E-state index in [0.29, 0.717) is 0 Å². The van der Waals surface area contributed by atoms with Crippen molar-refractivity contribution in [1.82, 2.24) is 0 Å². The van der Waals surface area contributed by atoms with Gasteiger partial charge in [-0.2, -0.15) is 0 Å². The monoisotopic (exact) mass is 197 g/mol. The van der Waals surface area contributed by atoms with Crippen molar-refractivity contribution in [2.45, 2.75) is 11.4 Å². The summed E-state index contributed by atoms with van der Waals surface area (Å²) in [5.74, 6) is 0. The first kappa shape index (κ1) is 7.68. The Bertz CT molecular complexity index is 203. The van der Waals surface area contributed by atoms with Crippen molar-refractivity contribution in [3.05, 3.63) is 24.3 Å². The van der Waals surface area contributed by atoms with Crippen LogP contribution in [0.25, 0.3) is 0 Å². The van der Waals surface area contributed by atoms with Gasteiger partial charge in [0.2, 0.25) is 0 Å². The second-order valence-electron chi connectivity index (χ2n) is 2.49. The molecule has 0 aliphatic rings. The Balaban J connectivity index is 2.89. The van der Waals surface area contributed by atoms with Gasteiger partial charge in [0.25, 0.3) is 0 Å². The topological polar surface area (TPSA) is 26.0 Å². The zero-order valence-corrected chi connectivity index (χ0v) is 8.21. The normalized spacial score (nSPS) is 10.3. The van der Waals surface area contributed by atoms with Crippen LogP contribution in [-0.4, -0.2) is 14.7 Å². The zero-order valence-electron chi connectivity index (χ0n) is 6.33. The molecule has 0 unspecified atom stereocenters. The van der Waals surface area contributed by atoms with Crippen molar-refractivity contribution in [1.29, 1.82) is 0 Å². The second-order valence-corrected chi connectivity index (χ2v) is 7.32. The van der Waals surface area contributed by atoms with E-state index in [-0.39, 0.29) is 0 Å². The summed E-state index contributed by atoms with van der Waals surface area (Å²) in [6, 6.07) is 8.22.